The first kappa shape index (κ1) is 14.2. The molecule has 2 heterocycles. The molecular formula is C13H22N4O2. The minimum atomic E-state index is -0.664. The predicted molar refractivity (Wildman–Crippen MR) is 72.5 cm³/mol. The molecule has 1 fully saturated rings. The Morgan fingerprint density at radius 2 is 2.11 bits per heavy atom. The lowest BCUT2D eigenvalue weighted by Crippen LogP contribution is -2.45. The lowest BCUT2D eigenvalue weighted by atomic mass is 9.94. The minimum absolute atomic E-state index is 0.487. The zero-order chi connectivity index (χ0) is 13.9. The average Bonchev–Trinajstić information content (AvgIpc) is 2.27. The van der Waals surface area contributed by atoms with Crippen LogP contribution in [-0.4, -0.2) is 52.4 Å². The number of nitrogen functional groups attached to an aromatic ring is 1. The van der Waals surface area contributed by atoms with Gasteiger partial charge in [0.25, 0.3) is 0 Å². The van der Waals surface area contributed by atoms with E-state index in [4.69, 9.17) is 10.5 Å². The van der Waals surface area contributed by atoms with Gasteiger partial charge in [0, 0.05) is 44.4 Å². The number of hydrogen-bond acceptors (Lipinski definition) is 6. The van der Waals surface area contributed by atoms with Gasteiger partial charge in [0.05, 0.1) is 12.1 Å². The molecule has 0 aliphatic carbocycles. The smallest absolute Gasteiger partial charge is 0.144 e. The van der Waals surface area contributed by atoms with E-state index < -0.39 is 5.60 Å². The van der Waals surface area contributed by atoms with Crippen LogP contribution in [0.2, 0.25) is 0 Å². The highest BCUT2D eigenvalue weighted by Crippen LogP contribution is 2.21. The maximum atomic E-state index is 10.4. The second kappa shape index (κ2) is 5.81. The van der Waals surface area contributed by atoms with E-state index in [0.717, 1.165) is 5.69 Å². The number of aromatic nitrogens is 2. The molecule has 1 aliphatic heterocycles. The molecule has 0 radical (unpaired) electrons. The molecule has 1 aromatic rings. The summed E-state index contributed by atoms with van der Waals surface area (Å²) in [5, 5.41) is 10.4. The topological polar surface area (TPSA) is 84.5 Å². The summed E-state index contributed by atoms with van der Waals surface area (Å²) in [6, 6.07) is 1.75. The second-order valence-electron chi connectivity index (χ2n) is 5.36. The summed E-state index contributed by atoms with van der Waals surface area (Å²) < 4.78 is 5.28. The summed E-state index contributed by atoms with van der Waals surface area (Å²) in [5.74, 6) is 1.18. The van der Waals surface area contributed by atoms with E-state index in [9.17, 15) is 5.11 Å². The van der Waals surface area contributed by atoms with E-state index >= 15 is 0 Å². The van der Waals surface area contributed by atoms with Crippen LogP contribution in [-0.2, 0) is 11.3 Å². The van der Waals surface area contributed by atoms with Gasteiger partial charge in [-0.3, -0.25) is 4.90 Å². The van der Waals surface area contributed by atoms with Gasteiger partial charge in [0.1, 0.15) is 11.6 Å². The molecule has 1 saturated heterocycles. The Labute approximate surface area is 113 Å². The van der Waals surface area contributed by atoms with Crippen LogP contribution in [0.3, 0.4) is 0 Å². The lowest BCUT2D eigenvalue weighted by Gasteiger charge is -2.35. The summed E-state index contributed by atoms with van der Waals surface area (Å²) in [7, 11) is 1.95. The van der Waals surface area contributed by atoms with E-state index in [1.165, 1.54) is 0 Å². The molecule has 0 atom stereocenters. The number of anilines is 1. The number of rotatable bonds is 4. The number of ether oxygens (including phenoxy) is 1. The van der Waals surface area contributed by atoms with Gasteiger partial charge in [-0.15, -0.1) is 0 Å². The van der Waals surface area contributed by atoms with Crippen LogP contribution in [0.1, 0.15) is 24.4 Å². The highest BCUT2D eigenvalue weighted by atomic mass is 16.5. The van der Waals surface area contributed by atoms with E-state index in [2.05, 4.69) is 9.97 Å². The van der Waals surface area contributed by atoms with E-state index in [0.29, 0.717) is 50.8 Å². The number of aliphatic hydroxyl groups is 1. The van der Waals surface area contributed by atoms with Crippen LogP contribution in [0.4, 0.5) is 5.82 Å². The maximum Gasteiger partial charge on any atom is 0.144 e. The summed E-state index contributed by atoms with van der Waals surface area (Å²) in [6.07, 6.45) is 1.35. The van der Waals surface area contributed by atoms with Crippen LogP contribution in [0.25, 0.3) is 0 Å². The predicted octanol–water partition coefficient (Wildman–Crippen LogP) is 0.341. The first-order valence-electron chi connectivity index (χ1n) is 6.56. The van der Waals surface area contributed by atoms with Crippen LogP contribution in [0.15, 0.2) is 6.07 Å². The standard InChI is InChI=1S/C13H22N4O2/c1-10-7-11(14)16-12(15-10)8-17(2)9-13(18)3-5-19-6-4-13/h7,18H,3-6,8-9H2,1-2H3,(H2,14,15,16). The fraction of sp³-hybridized carbons (Fsp3) is 0.692. The molecule has 19 heavy (non-hydrogen) atoms. The van der Waals surface area contributed by atoms with Gasteiger partial charge in [-0.05, 0) is 14.0 Å². The molecule has 0 amide bonds. The van der Waals surface area contributed by atoms with Gasteiger partial charge in [0.15, 0.2) is 0 Å². The maximum absolute atomic E-state index is 10.4. The third-order valence-corrected chi connectivity index (χ3v) is 3.32. The van der Waals surface area contributed by atoms with Gasteiger partial charge in [-0.1, -0.05) is 0 Å². The van der Waals surface area contributed by atoms with Crippen LogP contribution in [0.5, 0.6) is 0 Å². The van der Waals surface area contributed by atoms with E-state index in [1.807, 2.05) is 18.9 Å². The Hall–Kier alpha value is -1.24. The highest BCUT2D eigenvalue weighted by molar-refractivity contribution is 5.29. The Balaban J connectivity index is 1.94. The molecule has 106 valence electrons. The Morgan fingerprint density at radius 1 is 1.42 bits per heavy atom. The fourth-order valence-electron chi connectivity index (χ4n) is 2.44. The van der Waals surface area contributed by atoms with Gasteiger partial charge in [0.2, 0.25) is 0 Å². The first-order valence-corrected chi connectivity index (χ1v) is 6.56. The van der Waals surface area contributed by atoms with Crippen molar-refractivity contribution >= 4 is 5.82 Å². The monoisotopic (exact) mass is 266 g/mol. The second-order valence-corrected chi connectivity index (χ2v) is 5.36. The molecule has 0 bridgehead atoms. The molecule has 1 aliphatic rings. The zero-order valence-corrected chi connectivity index (χ0v) is 11.6. The van der Waals surface area contributed by atoms with Gasteiger partial charge in [-0.2, -0.15) is 0 Å². The molecule has 6 nitrogen and oxygen atoms in total. The Bertz CT molecular complexity index is 412. The number of likely N-dealkylation sites (N-methyl/N-ethyl adjacent to an activating group) is 1. The SMILES string of the molecule is Cc1cc(N)nc(CN(C)CC2(O)CCOCC2)n1. The molecule has 3 N–H and O–H groups in total. The van der Waals surface area contributed by atoms with Crippen molar-refractivity contribution in [3.05, 3.63) is 17.6 Å². The minimum Gasteiger partial charge on any atom is -0.388 e. The van der Waals surface area contributed by atoms with Crippen LogP contribution < -0.4 is 5.73 Å². The summed E-state index contributed by atoms with van der Waals surface area (Å²) in [5.41, 5.74) is 5.91. The van der Waals surface area contributed by atoms with Crippen molar-refractivity contribution in [3.63, 3.8) is 0 Å². The number of aryl methyl sites for hydroxylation is 1. The van der Waals surface area contributed by atoms with Gasteiger partial charge >= 0.3 is 0 Å². The molecular weight excluding hydrogens is 244 g/mol. The van der Waals surface area contributed by atoms with Gasteiger partial charge < -0.3 is 15.6 Å². The molecule has 2 rings (SSSR count). The third kappa shape index (κ3) is 4.12. The fourth-order valence-corrected chi connectivity index (χ4v) is 2.44. The van der Waals surface area contributed by atoms with Gasteiger partial charge in [-0.25, -0.2) is 9.97 Å². The van der Waals surface area contributed by atoms with Crippen molar-refractivity contribution in [1.29, 1.82) is 0 Å². The van der Waals surface area contributed by atoms with E-state index in [1.54, 1.807) is 6.07 Å². The molecule has 0 aromatic carbocycles. The number of nitrogens with zero attached hydrogens (tertiary/aromatic N) is 3. The molecule has 0 unspecified atom stereocenters. The van der Waals surface area contributed by atoms with Crippen molar-refractivity contribution in [2.24, 2.45) is 0 Å². The van der Waals surface area contributed by atoms with Crippen LogP contribution >= 0.6 is 0 Å². The van der Waals surface area contributed by atoms with Crippen LogP contribution in [0, 0.1) is 6.92 Å². The summed E-state index contributed by atoms with van der Waals surface area (Å²) >= 11 is 0. The van der Waals surface area contributed by atoms with Crippen molar-refractivity contribution < 1.29 is 9.84 Å². The molecule has 6 heteroatoms. The van der Waals surface area contributed by atoms with Crippen molar-refractivity contribution in [3.8, 4) is 0 Å². The zero-order valence-electron chi connectivity index (χ0n) is 11.6. The quantitative estimate of drug-likeness (QED) is 0.817. The Kier molecular flexibility index (Phi) is 4.34. The third-order valence-electron chi connectivity index (χ3n) is 3.32. The van der Waals surface area contributed by atoms with Crippen molar-refractivity contribution in [2.45, 2.75) is 31.9 Å². The van der Waals surface area contributed by atoms with Crippen molar-refractivity contribution in [2.75, 3.05) is 32.5 Å². The summed E-state index contributed by atoms with van der Waals surface area (Å²) in [6.45, 7) is 4.31. The number of hydrogen-bond donors (Lipinski definition) is 2. The molecule has 1 aromatic heterocycles. The average molecular weight is 266 g/mol. The molecule has 0 saturated carbocycles. The molecule has 0 spiro atoms. The first-order chi connectivity index (χ1) is 8.97. The number of nitrogens with two attached hydrogens (primary N) is 1. The normalized spacial score (nSPS) is 18.7. The van der Waals surface area contributed by atoms with Crippen molar-refractivity contribution in [1.82, 2.24) is 14.9 Å². The largest absolute Gasteiger partial charge is 0.388 e. The lowest BCUT2D eigenvalue weighted by molar-refractivity contribution is -0.0779. The highest BCUT2D eigenvalue weighted by Gasteiger charge is 2.31. The van der Waals surface area contributed by atoms with E-state index in [-0.39, 0.29) is 0 Å². The summed E-state index contributed by atoms with van der Waals surface area (Å²) in [4.78, 5) is 10.6. The Morgan fingerprint density at radius 3 is 2.74 bits per heavy atom.